The summed E-state index contributed by atoms with van der Waals surface area (Å²) in [5.41, 5.74) is 17.2. The number of nitrogens with two attached hydrogens (primary N) is 3. The van der Waals surface area contributed by atoms with E-state index in [9.17, 15) is 24.6 Å². The zero-order valence-electron chi connectivity index (χ0n) is 16.8. The number of aromatic nitrogens is 1. The summed E-state index contributed by atoms with van der Waals surface area (Å²) in [6, 6.07) is -3.53. The summed E-state index contributed by atoms with van der Waals surface area (Å²) in [6.07, 6.45) is 1.99. The lowest BCUT2D eigenvalue weighted by atomic mass is 9.96. The van der Waals surface area contributed by atoms with Gasteiger partial charge in [-0.2, -0.15) is 4.57 Å². The second-order valence-corrected chi connectivity index (χ2v) is 7.15. The lowest BCUT2D eigenvalue weighted by Crippen LogP contribution is -2.41. The third-order valence-corrected chi connectivity index (χ3v) is 4.64. The molecule has 0 amide bonds. The van der Waals surface area contributed by atoms with Crippen LogP contribution in [-0.2, 0) is 33.8 Å². The van der Waals surface area contributed by atoms with Gasteiger partial charge in [-0.15, -0.1) is 12.4 Å². The van der Waals surface area contributed by atoms with Gasteiger partial charge in [0.05, 0.1) is 0 Å². The quantitative estimate of drug-likeness (QED) is 0.147. The van der Waals surface area contributed by atoms with Gasteiger partial charge in [0, 0.05) is 17.5 Å². The van der Waals surface area contributed by atoms with Gasteiger partial charge in [-0.1, -0.05) is 0 Å². The minimum Gasteiger partial charge on any atom is -0.503 e. The van der Waals surface area contributed by atoms with Crippen molar-refractivity contribution in [3.63, 3.8) is 0 Å². The number of hydrogen-bond donors (Lipinski definition) is 8. The summed E-state index contributed by atoms with van der Waals surface area (Å²) >= 11 is 0. The molecule has 4 unspecified atom stereocenters. The Morgan fingerprint density at radius 1 is 0.871 bits per heavy atom. The molecule has 1 rings (SSSR count). The fraction of sp³-hybridized carbons (Fsp3) is 0.556. The number of carboxylic acids is 3. The zero-order chi connectivity index (χ0) is 23.0. The van der Waals surface area contributed by atoms with Crippen LogP contribution in [0.1, 0.15) is 30.4 Å². The number of aryl methyl sites for hydroxylation is 1. The molecule has 0 fully saturated rings. The monoisotopic (exact) mass is 465 g/mol. The van der Waals surface area contributed by atoms with Gasteiger partial charge < -0.3 is 42.7 Å². The van der Waals surface area contributed by atoms with Gasteiger partial charge in [-0.3, -0.25) is 14.4 Å². The molecule has 0 radical (unpaired) electrons. The van der Waals surface area contributed by atoms with Crippen LogP contribution in [0.25, 0.3) is 0 Å². The first-order chi connectivity index (χ1) is 13.9. The van der Waals surface area contributed by atoms with Crippen LogP contribution in [-0.4, -0.2) is 67.7 Å². The van der Waals surface area contributed by atoms with E-state index in [2.05, 4.69) is 0 Å². The molecule has 0 aliphatic heterocycles. The van der Waals surface area contributed by atoms with Gasteiger partial charge in [0.25, 0.3) is 0 Å². The van der Waals surface area contributed by atoms with E-state index in [1.165, 1.54) is 10.8 Å². The number of aliphatic hydroxyl groups excluding tert-OH is 1. The van der Waals surface area contributed by atoms with E-state index >= 15 is 0 Å². The highest BCUT2D eigenvalue weighted by molar-refractivity contribution is 5.85. The third-order valence-electron chi connectivity index (χ3n) is 4.64. The van der Waals surface area contributed by atoms with Gasteiger partial charge in [0.1, 0.15) is 24.2 Å². The summed E-state index contributed by atoms with van der Waals surface area (Å²) < 4.78 is 1.45. The standard InChI is InChI=1S/C18H28N4O8.ClH/c19-12(16(25)26)3-1-9-6-22(7-10(23)2-4-13(20)17(27)28)8-15(24)11(9)5-14(21)18(29)30;/h6,8,10,12-14,23H,1-5,7,19-21H2,(H3-,24,25,26,27,28,29,30);1H/p+1. The van der Waals surface area contributed by atoms with E-state index in [0.717, 1.165) is 0 Å². The number of carbonyl (C=O) groups is 3. The second-order valence-electron chi connectivity index (χ2n) is 7.15. The van der Waals surface area contributed by atoms with E-state index in [4.69, 9.17) is 32.5 Å². The molecule has 1 heterocycles. The Hall–Kier alpha value is -2.51. The van der Waals surface area contributed by atoms with Crippen LogP contribution >= 0.6 is 12.4 Å². The van der Waals surface area contributed by atoms with Crippen molar-refractivity contribution in [1.29, 1.82) is 0 Å². The van der Waals surface area contributed by atoms with Crippen LogP contribution in [0.4, 0.5) is 0 Å². The fourth-order valence-electron chi connectivity index (χ4n) is 2.84. The third kappa shape index (κ3) is 9.44. The second kappa shape index (κ2) is 13.0. The first kappa shape index (κ1) is 28.5. The molecule has 11 N–H and O–H groups in total. The van der Waals surface area contributed by atoms with Gasteiger partial charge in [0.15, 0.2) is 18.5 Å². The zero-order valence-corrected chi connectivity index (χ0v) is 17.6. The van der Waals surface area contributed by atoms with Crippen molar-refractivity contribution in [3.05, 3.63) is 23.5 Å². The number of nitrogens with zero attached hydrogens (tertiary/aromatic N) is 1. The summed E-state index contributed by atoms with van der Waals surface area (Å²) in [4.78, 5) is 32.8. The highest BCUT2D eigenvalue weighted by Crippen LogP contribution is 2.22. The molecule has 1 aromatic heterocycles. The van der Waals surface area contributed by atoms with Crippen molar-refractivity contribution < 1.29 is 44.5 Å². The molecule has 1 aromatic rings. The van der Waals surface area contributed by atoms with Crippen molar-refractivity contribution in [2.75, 3.05) is 0 Å². The Labute approximate surface area is 184 Å². The number of halogens is 1. The predicted octanol–water partition coefficient (Wildman–Crippen LogP) is -2.05. The number of rotatable bonds is 13. The number of aliphatic hydroxyl groups is 1. The molecule has 0 aromatic carbocycles. The Morgan fingerprint density at radius 3 is 1.90 bits per heavy atom. The molecule has 31 heavy (non-hydrogen) atoms. The smallest absolute Gasteiger partial charge is 0.320 e. The lowest BCUT2D eigenvalue weighted by molar-refractivity contribution is -0.704. The fourth-order valence-corrected chi connectivity index (χ4v) is 2.84. The van der Waals surface area contributed by atoms with E-state index < -0.39 is 42.1 Å². The van der Waals surface area contributed by atoms with Crippen molar-refractivity contribution in [2.45, 2.75) is 62.9 Å². The Morgan fingerprint density at radius 2 is 1.39 bits per heavy atom. The van der Waals surface area contributed by atoms with E-state index in [1.54, 1.807) is 6.20 Å². The van der Waals surface area contributed by atoms with Crippen LogP contribution in [0.2, 0.25) is 0 Å². The maximum absolute atomic E-state index is 11.1. The number of carboxylic acid groups (broad SMARTS) is 3. The molecule has 176 valence electrons. The number of hydrogen-bond acceptors (Lipinski definition) is 8. The Bertz CT molecular complexity index is 779. The van der Waals surface area contributed by atoms with Crippen LogP contribution in [0.15, 0.2) is 12.4 Å². The SMILES string of the molecule is Cl.NC(CCc1c[n+](CC(O)CCC(N)C(=O)O)cc(O)c1CC(N)C(=O)O)C(=O)O. The molecule has 0 saturated heterocycles. The minimum absolute atomic E-state index is 0. The van der Waals surface area contributed by atoms with Crippen molar-refractivity contribution in [2.24, 2.45) is 17.2 Å². The number of aromatic hydroxyl groups is 1. The summed E-state index contributed by atoms with van der Waals surface area (Å²) in [5, 5.41) is 47.3. The maximum atomic E-state index is 11.1. The van der Waals surface area contributed by atoms with E-state index in [-0.39, 0.29) is 62.4 Å². The summed E-state index contributed by atoms with van der Waals surface area (Å²) in [5.74, 6) is -3.90. The Balaban J connectivity index is 0.00000900. The van der Waals surface area contributed by atoms with Gasteiger partial charge in [0.2, 0.25) is 6.20 Å². The molecular formula is C18H30ClN4O8+. The number of aliphatic carboxylic acids is 3. The normalized spacial score (nSPS) is 14.7. The molecule has 4 atom stereocenters. The van der Waals surface area contributed by atoms with Crippen molar-refractivity contribution >= 4 is 30.3 Å². The molecule has 0 spiro atoms. The molecular weight excluding hydrogens is 436 g/mol. The average molecular weight is 466 g/mol. The number of pyridine rings is 1. The largest absolute Gasteiger partial charge is 0.503 e. The maximum Gasteiger partial charge on any atom is 0.320 e. The van der Waals surface area contributed by atoms with Gasteiger partial charge in [-0.25, -0.2) is 0 Å². The van der Waals surface area contributed by atoms with Crippen LogP contribution in [0, 0.1) is 0 Å². The van der Waals surface area contributed by atoms with E-state index in [0.29, 0.717) is 5.56 Å². The van der Waals surface area contributed by atoms with Gasteiger partial charge >= 0.3 is 17.9 Å². The van der Waals surface area contributed by atoms with Crippen LogP contribution < -0.4 is 21.8 Å². The first-order valence-electron chi connectivity index (χ1n) is 9.29. The van der Waals surface area contributed by atoms with Crippen molar-refractivity contribution in [1.82, 2.24) is 0 Å². The lowest BCUT2D eigenvalue weighted by Gasteiger charge is -2.15. The topological polar surface area (TPSA) is 234 Å². The molecule has 0 bridgehead atoms. The Kier molecular flexibility index (Phi) is 12.0. The molecule has 0 aliphatic rings. The molecule has 0 aliphatic carbocycles. The van der Waals surface area contributed by atoms with Crippen molar-refractivity contribution in [3.8, 4) is 5.75 Å². The van der Waals surface area contributed by atoms with Crippen LogP contribution in [0.3, 0.4) is 0 Å². The highest BCUT2D eigenvalue weighted by Gasteiger charge is 2.24. The van der Waals surface area contributed by atoms with Gasteiger partial charge in [-0.05, 0) is 25.7 Å². The summed E-state index contributed by atoms with van der Waals surface area (Å²) in [6.45, 7) is 0.00312. The minimum atomic E-state index is -1.28. The summed E-state index contributed by atoms with van der Waals surface area (Å²) in [7, 11) is 0. The molecule has 12 nitrogen and oxygen atoms in total. The average Bonchev–Trinajstić information content (AvgIpc) is 2.65. The predicted molar refractivity (Wildman–Crippen MR) is 110 cm³/mol. The van der Waals surface area contributed by atoms with Crippen LogP contribution in [0.5, 0.6) is 5.75 Å². The van der Waals surface area contributed by atoms with E-state index in [1.807, 2.05) is 0 Å². The molecule has 13 heteroatoms. The first-order valence-corrected chi connectivity index (χ1v) is 9.29. The molecule has 0 saturated carbocycles. The highest BCUT2D eigenvalue weighted by atomic mass is 35.5.